The van der Waals surface area contributed by atoms with Gasteiger partial charge in [0.15, 0.2) is 0 Å². The van der Waals surface area contributed by atoms with E-state index in [0.717, 1.165) is 17.1 Å². The van der Waals surface area contributed by atoms with Crippen LogP contribution in [0.5, 0.6) is 0 Å². The molecular formula is C56H39NS. The molecule has 1 nitrogen and oxygen atoms in total. The largest absolute Gasteiger partial charge is 0.310 e. The van der Waals surface area contributed by atoms with E-state index in [1.54, 1.807) is 0 Å². The lowest BCUT2D eigenvalue weighted by Crippen LogP contribution is -2.22. The van der Waals surface area contributed by atoms with Gasteiger partial charge in [0, 0.05) is 42.6 Å². The number of nitrogens with zero attached hydrogens (tertiary/aromatic N) is 1. The molecule has 0 saturated heterocycles. The topological polar surface area (TPSA) is 3.24 Å². The Morgan fingerprint density at radius 2 is 0.793 bits per heavy atom. The van der Waals surface area contributed by atoms with E-state index in [1.165, 1.54) is 81.4 Å². The van der Waals surface area contributed by atoms with Gasteiger partial charge in [-0.25, -0.2) is 0 Å². The Morgan fingerprint density at radius 3 is 1.38 bits per heavy atom. The number of rotatable bonds is 7. The molecule has 0 amide bonds. The first-order valence-electron chi connectivity index (χ1n) is 20.0. The second kappa shape index (κ2) is 13.9. The van der Waals surface area contributed by atoms with E-state index in [1.807, 2.05) is 11.3 Å². The zero-order valence-electron chi connectivity index (χ0n) is 32.1. The molecule has 1 heterocycles. The summed E-state index contributed by atoms with van der Waals surface area (Å²) in [5.41, 5.74) is 17.2. The van der Waals surface area contributed by atoms with Crippen LogP contribution in [0.2, 0.25) is 0 Å². The maximum atomic E-state index is 2.45. The Kier molecular flexibility index (Phi) is 8.20. The Bertz CT molecular complexity index is 2980. The Labute approximate surface area is 343 Å². The van der Waals surface area contributed by atoms with Gasteiger partial charge in [-0.3, -0.25) is 0 Å². The molecule has 0 fully saturated rings. The highest BCUT2D eigenvalue weighted by Crippen LogP contribution is 2.53. The normalized spacial score (nSPS) is 12.7. The number of fused-ring (bicyclic) bond motifs is 6. The summed E-state index contributed by atoms with van der Waals surface area (Å²) in [7, 11) is 0. The molecule has 0 saturated carbocycles. The summed E-state index contributed by atoms with van der Waals surface area (Å²) in [6.45, 7) is 2.40. The molecule has 0 bridgehead atoms. The molecule has 2 heteroatoms. The van der Waals surface area contributed by atoms with Gasteiger partial charge in [-0.2, -0.15) is 0 Å². The summed E-state index contributed by atoms with van der Waals surface area (Å²) in [6, 6.07) is 80.0. The van der Waals surface area contributed by atoms with Crippen molar-refractivity contribution in [3.63, 3.8) is 0 Å². The van der Waals surface area contributed by atoms with E-state index in [4.69, 9.17) is 0 Å². The van der Waals surface area contributed by atoms with Crippen LogP contribution < -0.4 is 4.90 Å². The molecule has 0 N–H and O–H groups in total. The van der Waals surface area contributed by atoms with Crippen molar-refractivity contribution in [3.05, 3.63) is 235 Å². The lowest BCUT2D eigenvalue weighted by atomic mass is 9.74. The van der Waals surface area contributed by atoms with Gasteiger partial charge in [0.1, 0.15) is 0 Å². The Balaban J connectivity index is 0.973. The van der Waals surface area contributed by atoms with E-state index in [2.05, 4.69) is 230 Å². The fourth-order valence-electron chi connectivity index (χ4n) is 9.17. The summed E-state index contributed by atoms with van der Waals surface area (Å²) in [5, 5.41) is 2.62. The minimum atomic E-state index is -0.210. The molecule has 11 rings (SSSR count). The molecule has 10 aromatic rings. The van der Waals surface area contributed by atoms with Crippen LogP contribution in [0.25, 0.3) is 64.7 Å². The third-order valence-corrected chi connectivity index (χ3v) is 13.3. The second-order valence-corrected chi connectivity index (χ2v) is 16.5. The predicted molar refractivity (Wildman–Crippen MR) is 248 cm³/mol. The van der Waals surface area contributed by atoms with Gasteiger partial charge in [0.05, 0.1) is 0 Å². The summed E-state index contributed by atoms with van der Waals surface area (Å²) < 4.78 is 2.63. The first-order valence-corrected chi connectivity index (χ1v) is 20.8. The molecule has 0 atom stereocenters. The molecule has 1 aliphatic carbocycles. The molecule has 0 aliphatic heterocycles. The van der Waals surface area contributed by atoms with Gasteiger partial charge in [-0.05, 0) is 117 Å². The van der Waals surface area contributed by atoms with Crippen molar-refractivity contribution in [2.45, 2.75) is 12.3 Å². The van der Waals surface area contributed by atoms with E-state index in [0.29, 0.717) is 0 Å². The highest BCUT2D eigenvalue weighted by atomic mass is 32.1. The van der Waals surface area contributed by atoms with Crippen molar-refractivity contribution in [2.75, 3.05) is 4.90 Å². The number of hydrogen-bond acceptors (Lipinski definition) is 2. The highest BCUT2D eigenvalue weighted by Gasteiger charge is 2.40. The van der Waals surface area contributed by atoms with Crippen molar-refractivity contribution in [2.24, 2.45) is 0 Å². The summed E-state index contributed by atoms with van der Waals surface area (Å²) in [5.74, 6) is 0. The minimum Gasteiger partial charge on any atom is -0.310 e. The van der Waals surface area contributed by atoms with E-state index in [-0.39, 0.29) is 5.41 Å². The van der Waals surface area contributed by atoms with Gasteiger partial charge < -0.3 is 4.90 Å². The molecule has 1 aromatic heterocycles. The molecule has 1 aliphatic rings. The summed E-state index contributed by atoms with van der Waals surface area (Å²) >= 11 is 1.90. The van der Waals surface area contributed by atoms with Crippen molar-refractivity contribution >= 4 is 48.6 Å². The fraction of sp³-hybridized carbons (Fsp3) is 0.0357. The maximum Gasteiger partial charge on any atom is 0.0467 e. The van der Waals surface area contributed by atoms with Crippen molar-refractivity contribution < 1.29 is 0 Å². The number of anilines is 3. The number of thiophene rings is 1. The van der Waals surface area contributed by atoms with Crippen molar-refractivity contribution in [3.8, 4) is 44.5 Å². The SMILES string of the molecule is CC1(c2ccc3c(c2)sc2cc(-c4cccc(N(c5ccc(-c6ccccc6)cc5)c5ccc(-c6ccccc6)cc5)c4)ccc23)c2ccccc2-c2ccccc21. The lowest BCUT2D eigenvalue weighted by molar-refractivity contribution is 0.715. The maximum absolute atomic E-state index is 2.45. The average Bonchev–Trinajstić information content (AvgIpc) is 3.80. The lowest BCUT2D eigenvalue weighted by Gasteiger charge is -2.28. The monoisotopic (exact) mass is 757 g/mol. The molecule has 274 valence electrons. The summed E-state index contributed by atoms with van der Waals surface area (Å²) in [4.78, 5) is 2.37. The summed E-state index contributed by atoms with van der Waals surface area (Å²) in [6.07, 6.45) is 0. The van der Waals surface area contributed by atoms with Gasteiger partial charge in [-0.1, -0.05) is 170 Å². The van der Waals surface area contributed by atoms with Crippen molar-refractivity contribution in [1.82, 2.24) is 0 Å². The first-order chi connectivity index (χ1) is 28.6. The van der Waals surface area contributed by atoms with Crippen LogP contribution >= 0.6 is 11.3 Å². The molecule has 0 unspecified atom stereocenters. The van der Waals surface area contributed by atoms with Crippen molar-refractivity contribution in [1.29, 1.82) is 0 Å². The first kappa shape index (κ1) is 34.3. The van der Waals surface area contributed by atoms with Crippen LogP contribution in [0, 0.1) is 0 Å². The molecule has 0 spiro atoms. The van der Waals surface area contributed by atoms with Gasteiger partial charge >= 0.3 is 0 Å². The zero-order valence-corrected chi connectivity index (χ0v) is 33.0. The van der Waals surface area contributed by atoms with Crippen LogP contribution in [-0.2, 0) is 5.41 Å². The van der Waals surface area contributed by atoms with E-state index < -0.39 is 0 Å². The molecule has 58 heavy (non-hydrogen) atoms. The Hall–Kier alpha value is -7.00. The van der Waals surface area contributed by atoms with Crippen LogP contribution in [0.1, 0.15) is 23.6 Å². The minimum absolute atomic E-state index is 0.210. The van der Waals surface area contributed by atoms with E-state index in [9.17, 15) is 0 Å². The number of hydrogen-bond donors (Lipinski definition) is 0. The standard InChI is InChI=1S/C56H39NS/c1-56(52-21-10-8-19-48(52)49-20-9-11-22-53(49)56)44-28-34-51-50-33-27-43(36-54(50)58-55(51)37-44)42-17-12-18-47(35-42)57(45-29-23-40(24-30-45)38-13-4-2-5-14-38)46-31-25-41(26-32-46)39-15-6-3-7-16-39/h2-37H,1H3. The molecule has 9 aromatic carbocycles. The Morgan fingerprint density at radius 1 is 0.345 bits per heavy atom. The van der Waals surface area contributed by atoms with Gasteiger partial charge in [-0.15, -0.1) is 11.3 Å². The fourth-order valence-corrected chi connectivity index (χ4v) is 10.4. The third-order valence-electron chi connectivity index (χ3n) is 12.2. The highest BCUT2D eigenvalue weighted by molar-refractivity contribution is 7.25. The second-order valence-electron chi connectivity index (χ2n) is 15.5. The smallest absolute Gasteiger partial charge is 0.0467 e. The van der Waals surface area contributed by atoms with E-state index >= 15 is 0 Å². The quantitative estimate of drug-likeness (QED) is 0.156. The molecule has 0 radical (unpaired) electrons. The zero-order chi connectivity index (χ0) is 38.6. The average molecular weight is 758 g/mol. The molecular weight excluding hydrogens is 719 g/mol. The predicted octanol–water partition coefficient (Wildman–Crippen LogP) is 15.9. The van der Waals surface area contributed by atoms with Gasteiger partial charge in [0.25, 0.3) is 0 Å². The van der Waals surface area contributed by atoms with Crippen LogP contribution in [0.4, 0.5) is 17.1 Å². The van der Waals surface area contributed by atoms with Crippen LogP contribution in [0.3, 0.4) is 0 Å². The third kappa shape index (κ3) is 5.68. The van der Waals surface area contributed by atoms with Gasteiger partial charge in [0.2, 0.25) is 0 Å². The van der Waals surface area contributed by atoms with Crippen LogP contribution in [0.15, 0.2) is 218 Å². The number of benzene rings is 9. The van der Waals surface area contributed by atoms with Crippen LogP contribution in [-0.4, -0.2) is 0 Å².